The topological polar surface area (TPSA) is 75.2 Å². The monoisotopic (exact) mass is 410 g/mol. The molecule has 1 aromatic heterocycles. The van der Waals surface area contributed by atoms with Gasteiger partial charge >= 0.3 is 0 Å². The van der Waals surface area contributed by atoms with Gasteiger partial charge in [-0.25, -0.2) is 4.39 Å². The number of likely N-dealkylation sites (tertiary alicyclic amines) is 1. The predicted molar refractivity (Wildman–Crippen MR) is 108 cm³/mol. The first-order valence-electron chi connectivity index (χ1n) is 9.29. The van der Waals surface area contributed by atoms with E-state index in [0.717, 1.165) is 18.4 Å². The smallest absolute Gasteiger partial charge is 0.286 e. The van der Waals surface area contributed by atoms with Gasteiger partial charge in [-0.1, -0.05) is 29.0 Å². The number of amides is 2. The SMILES string of the molecule is Cc1cccc(C(=O)N2CCCC2c2nnc(C(=O)Nc3ccc(F)cc3)s2)c1. The number of aromatic nitrogens is 2. The lowest BCUT2D eigenvalue weighted by Crippen LogP contribution is -2.30. The number of nitrogens with one attached hydrogen (secondary N) is 1. The van der Waals surface area contributed by atoms with Crippen molar-refractivity contribution in [3.63, 3.8) is 0 Å². The summed E-state index contributed by atoms with van der Waals surface area (Å²) in [6, 6.07) is 12.8. The van der Waals surface area contributed by atoms with Crippen LogP contribution in [0, 0.1) is 12.7 Å². The highest BCUT2D eigenvalue weighted by Crippen LogP contribution is 2.34. The van der Waals surface area contributed by atoms with Crippen LogP contribution in [0.2, 0.25) is 0 Å². The van der Waals surface area contributed by atoms with Crippen molar-refractivity contribution >= 4 is 28.8 Å². The van der Waals surface area contributed by atoms with E-state index in [1.807, 2.05) is 31.2 Å². The van der Waals surface area contributed by atoms with Crippen LogP contribution in [0.3, 0.4) is 0 Å². The predicted octanol–water partition coefficient (Wildman–Crippen LogP) is 4.22. The van der Waals surface area contributed by atoms with E-state index in [-0.39, 0.29) is 22.8 Å². The fraction of sp³-hybridized carbons (Fsp3) is 0.238. The number of rotatable bonds is 4. The molecule has 8 heteroatoms. The second kappa shape index (κ2) is 8.08. The minimum Gasteiger partial charge on any atom is -0.329 e. The summed E-state index contributed by atoms with van der Waals surface area (Å²) in [6.07, 6.45) is 1.66. The molecular weight excluding hydrogens is 391 g/mol. The van der Waals surface area contributed by atoms with Crippen molar-refractivity contribution in [3.8, 4) is 0 Å². The Hall–Kier alpha value is -3.13. The number of carbonyl (C=O) groups excluding carboxylic acids is 2. The Morgan fingerprint density at radius 3 is 2.72 bits per heavy atom. The number of aryl methyl sites for hydroxylation is 1. The number of hydrogen-bond acceptors (Lipinski definition) is 5. The first-order chi connectivity index (χ1) is 14.0. The molecule has 148 valence electrons. The Morgan fingerprint density at radius 2 is 1.97 bits per heavy atom. The van der Waals surface area contributed by atoms with Gasteiger partial charge < -0.3 is 10.2 Å². The zero-order chi connectivity index (χ0) is 20.4. The van der Waals surface area contributed by atoms with Gasteiger partial charge in [0.25, 0.3) is 11.8 Å². The summed E-state index contributed by atoms with van der Waals surface area (Å²) >= 11 is 1.18. The van der Waals surface area contributed by atoms with E-state index in [9.17, 15) is 14.0 Å². The Labute approximate surface area is 171 Å². The summed E-state index contributed by atoms with van der Waals surface area (Å²) in [5.74, 6) is -0.820. The van der Waals surface area contributed by atoms with Gasteiger partial charge in [0.15, 0.2) is 0 Å². The highest BCUT2D eigenvalue weighted by Gasteiger charge is 2.33. The van der Waals surface area contributed by atoms with E-state index in [4.69, 9.17) is 0 Å². The van der Waals surface area contributed by atoms with Gasteiger partial charge in [-0.05, 0) is 56.2 Å². The molecule has 6 nitrogen and oxygen atoms in total. The maximum atomic E-state index is 13.0. The summed E-state index contributed by atoms with van der Waals surface area (Å²) in [5, 5.41) is 11.7. The number of carbonyl (C=O) groups is 2. The molecule has 0 saturated carbocycles. The van der Waals surface area contributed by atoms with Crippen molar-refractivity contribution in [1.82, 2.24) is 15.1 Å². The van der Waals surface area contributed by atoms with Crippen LogP contribution in [0.25, 0.3) is 0 Å². The summed E-state index contributed by atoms with van der Waals surface area (Å²) in [4.78, 5) is 27.2. The van der Waals surface area contributed by atoms with Gasteiger partial charge in [0.1, 0.15) is 10.8 Å². The van der Waals surface area contributed by atoms with Crippen LogP contribution in [0.5, 0.6) is 0 Å². The highest BCUT2D eigenvalue weighted by atomic mass is 32.1. The second-order valence-corrected chi connectivity index (χ2v) is 7.94. The molecular formula is C21H19FN4O2S. The molecule has 1 saturated heterocycles. The molecule has 1 fully saturated rings. The fourth-order valence-electron chi connectivity index (χ4n) is 3.39. The number of anilines is 1. The van der Waals surface area contributed by atoms with Gasteiger partial charge in [-0.15, -0.1) is 10.2 Å². The number of halogens is 1. The van der Waals surface area contributed by atoms with Crippen molar-refractivity contribution in [2.75, 3.05) is 11.9 Å². The Balaban J connectivity index is 1.49. The minimum absolute atomic E-state index is 0.0382. The zero-order valence-corrected chi connectivity index (χ0v) is 16.6. The molecule has 1 aliphatic heterocycles. The quantitative estimate of drug-likeness (QED) is 0.699. The van der Waals surface area contributed by atoms with Crippen molar-refractivity contribution in [2.45, 2.75) is 25.8 Å². The molecule has 2 heterocycles. The van der Waals surface area contributed by atoms with Crippen molar-refractivity contribution < 1.29 is 14.0 Å². The summed E-state index contributed by atoms with van der Waals surface area (Å²) in [6.45, 7) is 2.60. The third-order valence-electron chi connectivity index (χ3n) is 4.80. The minimum atomic E-state index is -0.407. The first-order valence-corrected chi connectivity index (χ1v) is 10.1. The molecule has 0 radical (unpaired) electrons. The third-order valence-corrected chi connectivity index (χ3v) is 5.82. The van der Waals surface area contributed by atoms with Gasteiger partial charge in [0.05, 0.1) is 6.04 Å². The normalized spacial score (nSPS) is 16.1. The molecule has 1 aliphatic rings. The van der Waals surface area contributed by atoms with E-state index in [1.54, 1.807) is 4.90 Å². The van der Waals surface area contributed by atoms with Gasteiger partial charge in [0, 0.05) is 17.8 Å². The van der Waals surface area contributed by atoms with E-state index in [0.29, 0.717) is 22.8 Å². The van der Waals surface area contributed by atoms with Crippen LogP contribution >= 0.6 is 11.3 Å². The largest absolute Gasteiger partial charge is 0.329 e. The van der Waals surface area contributed by atoms with Crippen LogP contribution in [0.4, 0.5) is 10.1 Å². The average Bonchev–Trinajstić information content (AvgIpc) is 3.38. The average molecular weight is 410 g/mol. The lowest BCUT2D eigenvalue weighted by atomic mass is 10.1. The second-order valence-electron chi connectivity index (χ2n) is 6.93. The lowest BCUT2D eigenvalue weighted by molar-refractivity contribution is 0.0734. The molecule has 0 spiro atoms. The first kappa shape index (κ1) is 19.2. The van der Waals surface area contributed by atoms with Crippen LogP contribution in [-0.2, 0) is 0 Å². The molecule has 2 aromatic carbocycles. The molecule has 1 unspecified atom stereocenters. The Morgan fingerprint density at radius 1 is 1.17 bits per heavy atom. The lowest BCUT2D eigenvalue weighted by Gasteiger charge is -2.23. The van der Waals surface area contributed by atoms with E-state index in [2.05, 4.69) is 15.5 Å². The standard InChI is InChI=1S/C21H19FN4O2S/c1-13-4-2-5-14(12-13)21(28)26-11-3-6-17(26)19-24-25-20(29-19)18(27)23-16-9-7-15(22)8-10-16/h2,4-5,7-10,12,17H,3,6,11H2,1H3,(H,23,27). The third kappa shape index (κ3) is 4.17. The van der Waals surface area contributed by atoms with Crippen LogP contribution in [0.15, 0.2) is 48.5 Å². The Bertz CT molecular complexity index is 1050. The van der Waals surface area contributed by atoms with Gasteiger partial charge in [-0.3, -0.25) is 9.59 Å². The van der Waals surface area contributed by atoms with E-state index < -0.39 is 5.91 Å². The van der Waals surface area contributed by atoms with E-state index in [1.165, 1.54) is 35.6 Å². The fourth-order valence-corrected chi connectivity index (χ4v) is 4.28. The van der Waals surface area contributed by atoms with Gasteiger partial charge in [-0.2, -0.15) is 0 Å². The zero-order valence-electron chi connectivity index (χ0n) is 15.8. The Kier molecular flexibility index (Phi) is 5.35. The van der Waals surface area contributed by atoms with E-state index >= 15 is 0 Å². The number of hydrogen-bond donors (Lipinski definition) is 1. The molecule has 3 aromatic rings. The molecule has 29 heavy (non-hydrogen) atoms. The maximum Gasteiger partial charge on any atom is 0.286 e. The highest BCUT2D eigenvalue weighted by molar-refractivity contribution is 7.13. The number of nitrogens with zero attached hydrogens (tertiary/aromatic N) is 3. The molecule has 1 atom stereocenters. The molecule has 1 N–H and O–H groups in total. The summed E-state index contributed by atoms with van der Waals surface area (Å²) in [7, 11) is 0. The molecule has 0 aliphatic carbocycles. The van der Waals surface area contributed by atoms with Crippen LogP contribution in [0.1, 0.15) is 49.6 Å². The molecule has 0 bridgehead atoms. The molecule has 2 amide bonds. The van der Waals surface area contributed by atoms with Gasteiger partial charge in [0.2, 0.25) is 5.01 Å². The maximum absolute atomic E-state index is 13.0. The van der Waals surface area contributed by atoms with Crippen LogP contribution in [-0.4, -0.2) is 33.5 Å². The summed E-state index contributed by atoms with van der Waals surface area (Å²) < 4.78 is 13.0. The van der Waals surface area contributed by atoms with Crippen molar-refractivity contribution in [1.29, 1.82) is 0 Å². The van der Waals surface area contributed by atoms with Crippen molar-refractivity contribution in [3.05, 3.63) is 75.5 Å². The van der Waals surface area contributed by atoms with Crippen LogP contribution < -0.4 is 5.32 Å². The molecule has 4 rings (SSSR count). The summed E-state index contributed by atoms with van der Waals surface area (Å²) in [5.41, 5.74) is 2.16. The van der Waals surface area contributed by atoms with Crippen molar-refractivity contribution in [2.24, 2.45) is 0 Å². The number of benzene rings is 2.